The number of carbonyl (C=O) groups excluding carboxylic acids is 2. The molecule has 1 aliphatic rings. The predicted molar refractivity (Wildman–Crippen MR) is 148 cm³/mol. The van der Waals surface area contributed by atoms with E-state index in [1.165, 1.54) is 47.2 Å². The molecule has 2 aromatic carbocycles. The highest BCUT2D eigenvalue weighted by atomic mass is 35.5. The third kappa shape index (κ3) is 6.38. The quantitative estimate of drug-likeness (QED) is 0.423. The molecule has 1 aromatic heterocycles. The second-order valence-corrected chi connectivity index (χ2v) is 12.1. The number of hydrogen-bond acceptors (Lipinski definition) is 5. The Bertz CT molecular complexity index is 1540. The molecule has 0 radical (unpaired) electrons. The molecule has 2 amide bonds. The highest BCUT2D eigenvalue weighted by Gasteiger charge is 2.46. The van der Waals surface area contributed by atoms with Crippen LogP contribution in [0.2, 0.25) is 5.02 Å². The lowest BCUT2D eigenvalue weighted by Crippen LogP contribution is -2.37. The van der Waals surface area contributed by atoms with Gasteiger partial charge in [-0.3, -0.25) is 19.0 Å². The van der Waals surface area contributed by atoms with Crippen LogP contribution in [0.5, 0.6) is 0 Å². The molecule has 2 N–H and O–H groups in total. The van der Waals surface area contributed by atoms with Gasteiger partial charge in [0.2, 0.25) is 21.8 Å². The van der Waals surface area contributed by atoms with E-state index in [1.54, 1.807) is 36.4 Å². The van der Waals surface area contributed by atoms with E-state index >= 15 is 0 Å². The number of rotatable bonds is 8. The predicted octanol–water partition coefficient (Wildman–Crippen LogP) is 3.88. The Balaban J connectivity index is 1.57. The lowest BCUT2D eigenvalue weighted by atomic mass is 9.94. The van der Waals surface area contributed by atoms with Gasteiger partial charge in [-0.15, -0.1) is 0 Å². The molecular weight excluding hydrogens is 547 g/mol. The molecule has 0 saturated heterocycles. The molecule has 9 nitrogen and oxygen atoms in total. The number of benzene rings is 2. The summed E-state index contributed by atoms with van der Waals surface area (Å²) in [7, 11) is -2.14. The number of nitrogens with one attached hydrogen (secondary N) is 2. The Kier molecular flexibility index (Phi) is 8.53. The summed E-state index contributed by atoms with van der Waals surface area (Å²) in [6, 6.07) is 14.4. The van der Waals surface area contributed by atoms with E-state index in [-0.39, 0.29) is 35.5 Å². The summed E-state index contributed by atoms with van der Waals surface area (Å²) in [5.74, 6) is -3.75. The summed E-state index contributed by atoms with van der Waals surface area (Å²) < 4.78 is 42.5. The average Bonchev–Trinajstić information content (AvgIpc) is 3.37. The summed E-state index contributed by atoms with van der Waals surface area (Å²) in [5, 5.41) is 5.80. The van der Waals surface area contributed by atoms with Crippen LogP contribution in [0.25, 0.3) is 5.69 Å². The first kappa shape index (κ1) is 28.5. The molecular formula is C27H28ClFN4O5S. The van der Waals surface area contributed by atoms with Crippen molar-refractivity contribution >= 4 is 44.8 Å². The zero-order valence-corrected chi connectivity index (χ0v) is 22.9. The van der Waals surface area contributed by atoms with Gasteiger partial charge in [-0.25, -0.2) is 17.1 Å². The zero-order valence-electron chi connectivity index (χ0n) is 21.3. The van der Waals surface area contributed by atoms with Crippen LogP contribution in [0.4, 0.5) is 15.8 Å². The normalized spacial score (nSPS) is 19.2. The molecule has 1 heterocycles. The Morgan fingerprint density at radius 1 is 1.03 bits per heavy atom. The van der Waals surface area contributed by atoms with Gasteiger partial charge in [-0.1, -0.05) is 17.7 Å². The Morgan fingerprint density at radius 3 is 2.26 bits per heavy atom. The number of anilines is 2. The van der Waals surface area contributed by atoms with Gasteiger partial charge in [-0.05, 0) is 62.2 Å². The summed E-state index contributed by atoms with van der Waals surface area (Å²) in [5.41, 5.74) is 0.289. The summed E-state index contributed by atoms with van der Waals surface area (Å²) in [4.78, 5) is 38.7. The summed E-state index contributed by atoms with van der Waals surface area (Å²) in [6.45, 7) is 1.52. The number of amides is 2. The third-order valence-corrected chi connectivity index (χ3v) is 9.11. The van der Waals surface area contributed by atoms with Crippen LogP contribution in [0.1, 0.15) is 19.8 Å². The van der Waals surface area contributed by atoms with Crippen LogP contribution >= 0.6 is 11.6 Å². The average molecular weight is 575 g/mol. The minimum Gasteiger partial charge on any atom is -0.326 e. The SMILES string of the molecule is CCS(=O)(=O)N(C)C1CC(C(=O)Nc2ccc(Cl)cc2)C(C(=O)Nc2ccc(-n3ccccc3=O)cc2F)C1. The number of halogens is 2. The fraction of sp³-hybridized carbons (Fsp3) is 0.296. The van der Waals surface area contributed by atoms with E-state index in [0.717, 1.165) is 6.07 Å². The largest absolute Gasteiger partial charge is 0.326 e. The minimum atomic E-state index is -3.58. The highest BCUT2D eigenvalue weighted by Crippen LogP contribution is 2.37. The number of pyridine rings is 1. The number of hydrogen-bond donors (Lipinski definition) is 2. The highest BCUT2D eigenvalue weighted by molar-refractivity contribution is 7.89. The van der Waals surface area contributed by atoms with Crippen LogP contribution in [0, 0.1) is 17.7 Å². The fourth-order valence-corrected chi connectivity index (χ4v) is 5.87. The topological polar surface area (TPSA) is 118 Å². The van der Waals surface area contributed by atoms with Crippen molar-refractivity contribution in [3.8, 4) is 5.69 Å². The van der Waals surface area contributed by atoms with Crippen molar-refractivity contribution in [2.24, 2.45) is 11.8 Å². The van der Waals surface area contributed by atoms with Crippen molar-refractivity contribution < 1.29 is 22.4 Å². The maximum absolute atomic E-state index is 15.0. The molecule has 3 aromatic rings. The van der Waals surface area contributed by atoms with Gasteiger partial charge < -0.3 is 10.6 Å². The van der Waals surface area contributed by atoms with Gasteiger partial charge in [-0.2, -0.15) is 0 Å². The number of aromatic nitrogens is 1. The summed E-state index contributed by atoms with van der Waals surface area (Å²) in [6.07, 6.45) is 1.70. The zero-order chi connectivity index (χ0) is 28.3. The van der Waals surface area contributed by atoms with Crippen molar-refractivity contribution in [1.82, 2.24) is 8.87 Å². The molecule has 4 rings (SSSR count). The molecule has 3 unspecified atom stereocenters. The van der Waals surface area contributed by atoms with Crippen LogP contribution in [-0.2, 0) is 19.6 Å². The Morgan fingerprint density at radius 2 is 1.67 bits per heavy atom. The molecule has 0 bridgehead atoms. The molecule has 1 saturated carbocycles. The van der Waals surface area contributed by atoms with E-state index in [4.69, 9.17) is 11.6 Å². The molecule has 1 aliphatic carbocycles. The van der Waals surface area contributed by atoms with Gasteiger partial charge >= 0.3 is 0 Å². The van der Waals surface area contributed by atoms with E-state index < -0.39 is 45.5 Å². The van der Waals surface area contributed by atoms with Crippen molar-refractivity contribution in [2.75, 3.05) is 23.4 Å². The number of nitrogens with zero attached hydrogens (tertiary/aromatic N) is 2. The van der Waals surface area contributed by atoms with Gasteiger partial charge in [0, 0.05) is 42.1 Å². The lowest BCUT2D eigenvalue weighted by molar-refractivity contribution is -0.128. The van der Waals surface area contributed by atoms with Crippen molar-refractivity contribution in [2.45, 2.75) is 25.8 Å². The van der Waals surface area contributed by atoms with E-state index in [2.05, 4.69) is 10.6 Å². The van der Waals surface area contributed by atoms with Crippen molar-refractivity contribution in [3.63, 3.8) is 0 Å². The van der Waals surface area contributed by atoms with Crippen LogP contribution in [0.15, 0.2) is 71.7 Å². The monoisotopic (exact) mass is 574 g/mol. The van der Waals surface area contributed by atoms with Gasteiger partial charge in [0.25, 0.3) is 5.56 Å². The Hall–Kier alpha value is -3.54. The second kappa shape index (κ2) is 11.7. The van der Waals surface area contributed by atoms with E-state index in [9.17, 15) is 27.2 Å². The molecule has 0 spiro atoms. The molecule has 39 heavy (non-hydrogen) atoms. The Labute approximate surface area is 230 Å². The first-order valence-corrected chi connectivity index (χ1v) is 14.3. The van der Waals surface area contributed by atoms with E-state index in [1.807, 2.05) is 0 Å². The standard InChI is InChI=1S/C27H28ClFN4O5S/c1-3-39(37,38)32(2)20-14-21(26(35)30-18-9-7-17(28)8-10-18)22(15-20)27(36)31-24-12-11-19(16-23(24)29)33-13-5-4-6-25(33)34/h4-13,16,20-22H,3,14-15H2,1-2H3,(H,30,35)(H,31,36). The molecule has 206 valence electrons. The van der Waals surface area contributed by atoms with Crippen molar-refractivity contribution in [1.29, 1.82) is 0 Å². The van der Waals surface area contributed by atoms with Gasteiger partial charge in [0.15, 0.2) is 0 Å². The fourth-order valence-electron chi connectivity index (χ4n) is 4.71. The molecule has 1 fully saturated rings. The first-order valence-electron chi connectivity index (χ1n) is 12.3. The molecule has 3 atom stereocenters. The lowest BCUT2D eigenvalue weighted by Gasteiger charge is -2.23. The van der Waals surface area contributed by atoms with Crippen LogP contribution < -0.4 is 16.2 Å². The maximum atomic E-state index is 15.0. The summed E-state index contributed by atoms with van der Waals surface area (Å²) >= 11 is 5.92. The van der Waals surface area contributed by atoms with Gasteiger partial charge in [0.05, 0.1) is 29.0 Å². The first-order chi connectivity index (χ1) is 18.5. The van der Waals surface area contributed by atoms with Gasteiger partial charge in [0.1, 0.15) is 5.82 Å². The molecule has 12 heteroatoms. The van der Waals surface area contributed by atoms with E-state index in [0.29, 0.717) is 10.7 Å². The minimum absolute atomic E-state index is 0.0827. The molecule has 0 aliphatic heterocycles. The van der Waals surface area contributed by atoms with Crippen LogP contribution in [0.3, 0.4) is 0 Å². The third-order valence-electron chi connectivity index (χ3n) is 6.95. The second-order valence-electron chi connectivity index (χ2n) is 9.31. The van der Waals surface area contributed by atoms with Crippen LogP contribution in [-0.4, -0.2) is 47.9 Å². The number of sulfonamides is 1. The number of carbonyl (C=O) groups is 2. The maximum Gasteiger partial charge on any atom is 0.255 e. The van der Waals surface area contributed by atoms with Crippen molar-refractivity contribution in [3.05, 3.63) is 88.1 Å². The smallest absolute Gasteiger partial charge is 0.255 e.